The molecule has 0 aromatic heterocycles. The van der Waals surface area contributed by atoms with E-state index in [4.69, 9.17) is 5.73 Å². The van der Waals surface area contributed by atoms with Crippen molar-refractivity contribution >= 4 is 0 Å². The van der Waals surface area contributed by atoms with Gasteiger partial charge >= 0.3 is 0 Å². The van der Waals surface area contributed by atoms with E-state index < -0.39 is 0 Å². The van der Waals surface area contributed by atoms with E-state index in [1.165, 1.54) is 0 Å². The maximum absolute atomic E-state index is 9.49. The van der Waals surface area contributed by atoms with E-state index in [0.29, 0.717) is 5.92 Å². The number of aliphatic hydroxyl groups excluding tert-OH is 1. The lowest BCUT2D eigenvalue weighted by atomic mass is 9.96. The van der Waals surface area contributed by atoms with Crippen molar-refractivity contribution < 1.29 is 5.11 Å². The summed E-state index contributed by atoms with van der Waals surface area (Å²) in [6.07, 6.45) is 2.51. The molecule has 0 radical (unpaired) electrons. The monoisotopic (exact) mass is 159 g/mol. The van der Waals surface area contributed by atoms with Crippen molar-refractivity contribution in [1.29, 1.82) is 0 Å². The summed E-state index contributed by atoms with van der Waals surface area (Å²) in [7, 11) is 0. The molecule has 0 amide bonds. The van der Waals surface area contributed by atoms with Gasteiger partial charge in [-0.05, 0) is 18.8 Å². The first-order chi connectivity index (χ1) is 5.11. The summed E-state index contributed by atoms with van der Waals surface area (Å²) >= 11 is 0. The summed E-state index contributed by atoms with van der Waals surface area (Å²) in [6.45, 7) is 6.28. The van der Waals surface area contributed by atoms with Crippen molar-refractivity contribution in [2.24, 2.45) is 11.7 Å². The van der Waals surface area contributed by atoms with Crippen molar-refractivity contribution in [3.63, 3.8) is 0 Å². The summed E-state index contributed by atoms with van der Waals surface area (Å²) in [6, 6.07) is -0.0380. The van der Waals surface area contributed by atoms with Crippen LogP contribution in [0.25, 0.3) is 0 Å². The van der Waals surface area contributed by atoms with Gasteiger partial charge in [0.2, 0.25) is 0 Å². The van der Waals surface area contributed by atoms with Crippen molar-refractivity contribution in [2.75, 3.05) is 0 Å². The molecule has 0 fully saturated rings. The molecule has 3 atom stereocenters. The van der Waals surface area contributed by atoms with Gasteiger partial charge in [-0.3, -0.25) is 0 Å². The van der Waals surface area contributed by atoms with Gasteiger partial charge in [0.25, 0.3) is 0 Å². The standard InChI is InChI=1S/C9H21NO/c1-4-7(3)6-9(11)8(10)5-2/h7-9,11H,4-6,10H2,1-3H3/t7-,8-,9-/m0/s1. The molecule has 0 aliphatic carbocycles. The van der Waals surface area contributed by atoms with E-state index in [0.717, 1.165) is 19.3 Å². The number of hydrogen-bond acceptors (Lipinski definition) is 2. The Morgan fingerprint density at radius 3 is 2.18 bits per heavy atom. The molecule has 0 saturated carbocycles. The molecule has 0 aliphatic heterocycles. The average molecular weight is 159 g/mol. The molecule has 0 aromatic rings. The molecular formula is C9H21NO. The maximum Gasteiger partial charge on any atom is 0.0693 e. The highest BCUT2D eigenvalue weighted by Gasteiger charge is 2.14. The Labute approximate surface area is 69.8 Å². The topological polar surface area (TPSA) is 46.2 Å². The van der Waals surface area contributed by atoms with Gasteiger partial charge in [-0.15, -0.1) is 0 Å². The van der Waals surface area contributed by atoms with Crippen LogP contribution in [-0.2, 0) is 0 Å². The molecule has 0 spiro atoms. The fourth-order valence-electron chi connectivity index (χ4n) is 1.03. The normalized spacial score (nSPS) is 19.4. The Morgan fingerprint density at radius 1 is 1.27 bits per heavy atom. The van der Waals surface area contributed by atoms with E-state index in [2.05, 4.69) is 13.8 Å². The van der Waals surface area contributed by atoms with Crippen molar-refractivity contribution in [2.45, 2.75) is 52.2 Å². The van der Waals surface area contributed by atoms with Crippen LogP contribution in [0.2, 0.25) is 0 Å². The largest absolute Gasteiger partial charge is 0.392 e. The van der Waals surface area contributed by atoms with Gasteiger partial charge in [-0.25, -0.2) is 0 Å². The number of hydrogen-bond donors (Lipinski definition) is 2. The van der Waals surface area contributed by atoms with Gasteiger partial charge in [0.15, 0.2) is 0 Å². The minimum Gasteiger partial charge on any atom is -0.392 e. The molecule has 0 rings (SSSR count). The first kappa shape index (κ1) is 10.9. The molecule has 2 heteroatoms. The summed E-state index contributed by atoms with van der Waals surface area (Å²) in [5, 5.41) is 9.49. The fourth-order valence-corrected chi connectivity index (χ4v) is 1.03. The van der Waals surface area contributed by atoms with E-state index in [1.54, 1.807) is 0 Å². The molecule has 0 aliphatic rings. The lowest BCUT2D eigenvalue weighted by Crippen LogP contribution is -2.34. The van der Waals surface area contributed by atoms with E-state index in [1.807, 2.05) is 6.92 Å². The smallest absolute Gasteiger partial charge is 0.0693 e. The Hall–Kier alpha value is -0.0800. The van der Waals surface area contributed by atoms with Crippen LogP contribution < -0.4 is 5.73 Å². The lowest BCUT2D eigenvalue weighted by molar-refractivity contribution is 0.115. The van der Waals surface area contributed by atoms with Crippen LogP contribution in [0.15, 0.2) is 0 Å². The van der Waals surface area contributed by atoms with Crippen LogP contribution in [0.5, 0.6) is 0 Å². The zero-order valence-corrected chi connectivity index (χ0v) is 7.88. The minimum absolute atomic E-state index is 0.0380. The number of aliphatic hydroxyl groups is 1. The quantitative estimate of drug-likeness (QED) is 0.639. The van der Waals surface area contributed by atoms with Gasteiger partial charge in [0.1, 0.15) is 0 Å². The van der Waals surface area contributed by atoms with Gasteiger partial charge in [0, 0.05) is 6.04 Å². The molecule has 0 aromatic carbocycles. The highest BCUT2D eigenvalue weighted by molar-refractivity contribution is 4.71. The van der Waals surface area contributed by atoms with Crippen LogP contribution >= 0.6 is 0 Å². The summed E-state index contributed by atoms with van der Waals surface area (Å²) in [4.78, 5) is 0. The van der Waals surface area contributed by atoms with Crippen LogP contribution in [0, 0.1) is 5.92 Å². The molecule has 68 valence electrons. The van der Waals surface area contributed by atoms with Crippen LogP contribution in [0.3, 0.4) is 0 Å². The second kappa shape index (κ2) is 5.56. The summed E-state index contributed by atoms with van der Waals surface area (Å²) in [5.41, 5.74) is 5.67. The molecule has 3 N–H and O–H groups in total. The Bertz CT molecular complexity index is 95.6. The number of nitrogens with two attached hydrogens (primary N) is 1. The van der Waals surface area contributed by atoms with Crippen molar-refractivity contribution in [1.82, 2.24) is 0 Å². The zero-order chi connectivity index (χ0) is 8.85. The molecule has 0 heterocycles. The van der Waals surface area contributed by atoms with E-state index >= 15 is 0 Å². The third-order valence-corrected chi connectivity index (χ3v) is 2.31. The molecule has 11 heavy (non-hydrogen) atoms. The Balaban J connectivity index is 3.58. The van der Waals surface area contributed by atoms with Crippen LogP contribution in [0.1, 0.15) is 40.0 Å². The zero-order valence-electron chi connectivity index (χ0n) is 7.88. The minimum atomic E-state index is -0.310. The Morgan fingerprint density at radius 2 is 1.82 bits per heavy atom. The predicted molar refractivity (Wildman–Crippen MR) is 48.3 cm³/mol. The van der Waals surface area contributed by atoms with Gasteiger partial charge in [-0.1, -0.05) is 27.2 Å². The second-order valence-electron chi connectivity index (χ2n) is 3.39. The highest BCUT2D eigenvalue weighted by atomic mass is 16.3. The molecule has 0 unspecified atom stereocenters. The molecule has 0 saturated heterocycles. The van der Waals surface area contributed by atoms with Crippen LogP contribution in [-0.4, -0.2) is 17.3 Å². The molecule has 0 bridgehead atoms. The predicted octanol–water partition coefficient (Wildman–Crippen LogP) is 1.52. The van der Waals surface area contributed by atoms with Gasteiger partial charge in [-0.2, -0.15) is 0 Å². The fraction of sp³-hybridized carbons (Fsp3) is 1.00. The van der Waals surface area contributed by atoms with Gasteiger partial charge < -0.3 is 10.8 Å². The number of rotatable bonds is 5. The van der Waals surface area contributed by atoms with Crippen LogP contribution in [0.4, 0.5) is 0 Å². The third-order valence-electron chi connectivity index (χ3n) is 2.31. The second-order valence-corrected chi connectivity index (χ2v) is 3.39. The average Bonchev–Trinajstić information content (AvgIpc) is 2.02. The lowest BCUT2D eigenvalue weighted by Gasteiger charge is -2.19. The molecule has 2 nitrogen and oxygen atoms in total. The van der Waals surface area contributed by atoms with E-state index in [-0.39, 0.29) is 12.1 Å². The Kier molecular flexibility index (Phi) is 5.51. The van der Waals surface area contributed by atoms with Gasteiger partial charge in [0.05, 0.1) is 6.10 Å². The summed E-state index contributed by atoms with van der Waals surface area (Å²) < 4.78 is 0. The van der Waals surface area contributed by atoms with E-state index in [9.17, 15) is 5.11 Å². The first-order valence-electron chi connectivity index (χ1n) is 4.55. The third kappa shape index (κ3) is 4.38. The maximum atomic E-state index is 9.49. The SMILES string of the molecule is CC[C@H](C)C[C@H](O)[C@@H](N)CC. The highest BCUT2D eigenvalue weighted by Crippen LogP contribution is 2.12. The van der Waals surface area contributed by atoms with Crippen molar-refractivity contribution in [3.8, 4) is 0 Å². The molecular weight excluding hydrogens is 138 g/mol. The summed E-state index contributed by atoms with van der Waals surface area (Å²) in [5.74, 6) is 0.586. The van der Waals surface area contributed by atoms with Crippen molar-refractivity contribution in [3.05, 3.63) is 0 Å². The first-order valence-corrected chi connectivity index (χ1v) is 4.55.